The van der Waals surface area contributed by atoms with Crippen molar-refractivity contribution in [1.82, 2.24) is 4.90 Å². The zero-order chi connectivity index (χ0) is 26.7. The standard InChI is InChI=1S/C31H38N2O4/c1-31(2,37-30(36)32-28-15-8-7-14-27(28)26-12-5-4-6-13-26)20-22-33(3)21-10-9-11-24-16-18-25(19-17-24)23-29(34)35/h4-8,12-19H,9-11,20-23H2,1-3H3,(H,32,36)(H,34,35). The van der Waals surface area contributed by atoms with E-state index in [0.717, 1.165) is 61.2 Å². The third-order valence-electron chi connectivity index (χ3n) is 6.35. The second-order valence-corrected chi connectivity index (χ2v) is 10.1. The Morgan fingerprint density at radius 3 is 2.22 bits per heavy atom. The van der Waals surface area contributed by atoms with Gasteiger partial charge in [-0.2, -0.15) is 0 Å². The Balaban J connectivity index is 1.38. The van der Waals surface area contributed by atoms with E-state index in [1.807, 2.05) is 92.7 Å². The molecule has 196 valence electrons. The topological polar surface area (TPSA) is 78.9 Å². The van der Waals surface area contributed by atoms with Crippen LogP contribution >= 0.6 is 0 Å². The average Bonchev–Trinajstić information content (AvgIpc) is 2.86. The first kappa shape index (κ1) is 27.9. The number of hydrogen-bond acceptors (Lipinski definition) is 4. The summed E-state index contributed by atoms with van der Waals surface area (Å²) in [4.78, 5) is 25.8. The van der Waals surface area contributed by atoms with Crippen molar-refractivity contribution in [2.75, 3.05) is 25.5 Å². The Bertz CT molecular complexity index is 1140. The van der Waals surface area contributed by atoms with Gasteiger partial charge in [0.05, 0.1) is 12.1 Å². The molecule has 0 aliphatic heterocycles. The lowest BCUT2D eigenvalue weighted by Gasteiger charge is -2.28. The number of carboxylic acids is 1. The van der Waals surface area contributed by atoms with E-state index in [0.29, 0.717) is 0 Å². The Hall–Kier alpha value is -3.64. The van der Waals surface area contributed by atoms with Gasteiger partial charge in [0.15, 0.2) is 0 Å². The van der Waals surface area contributed by atoms with Crippen LogP contribution in [0.15, 0.2) is 78.9 Å². The quantitative estimate of drug-likeness (QED) is 0.256. The van der Waals surface area contributed by atoms with Crippen molar-refractivity contribution in [1.29, 1.82) is 0 Å². The van der Waals surface area contributed by atoms with Crippen LogP contribution in [0.25, 0.3) is 11.1 Å². The summed E-state index contributed by atoms with van der Waals surface area (Å²) in [6.07, 6.45) is 3.43. The Kier molecular flexibility index (Phi) is 10.3. The number of nitrogens with zero attached hydrogens (tertiary/aromatic N) is 1. The Morgan fingerprint density at radius 2 is 1.51 bits per heavy atom. The van der Waals surface area contributed by atoms with Crippen LogP contribution in [0.1, 0.15) is 44.2 Å². The molecular formula is C31H38N2O4. The number of hydrogen-bond donors (Lipinski definition) is 2. The highest BCUT2D eigenvalue weighted by atomic mass is 16.6. The number of aliphatic carboxylic acids is 1. The number of nitrogens with one attached hydrogen (secondary N) is 1. The SMILES string of the molecule is CN(CCCCc1ccc(CC(=O)O)cc1)CCC(C)(C)OC(=O)Nc1ccccc1-c1ccccc1. The molecule has 2 N–H and O–H groups in total. The molecule has 0 atom stereocenters. The second kappa shape index (κ2) is 13.6. The summed E-state index contributed by atoms with van der Waals surface area (Å²) in [5.41, 5.74) is 4.17. The third-order valence-corrected chi connectivity index (χ3v) is 6.35. The van der Waals surface area contributed by atoms with Gasteiger partial charge < -0.3 is 14.7 Å². The van der Waals surface area contributed by atoms with Gasteiger partial charge in [0.1, 0.15) is 5.60 Å². The monoisotopic (exact) mass is 502 g/mol. The minimum Gasteiger partial charge on any atom is -0.481 e. The molecule has 0 radical (unpaired) electrons. The first-order chi connectivity index (χ1) is 17.7. The fraction of sp³-hybridized carbons (Fsp3) is 0.355. The highest BCUT2D eigenvalue weighted by Crippen LogP contribution is 2.28. The van der Waals surface area contributed by atoms with Crippen molar-refractivity contribution < 1.29 is 19.4 Å². The molecule has 1 amide bonds. The van der Waals surface area contributed by atoms with Gasteiger partial charge in [-0.1, -0.05) is 72.8 Å². The number of aryl methyl sites for hydroxylation is 1. The predicted molar refractivity (Wildman–Crippen MR) is 149 cm³/mol. The molecule has 6 nitrogen and oxygen atoms in total. The summed E-state index contributed by atoms with van der Waals surface area (Å²) in [6.45, 7) is 5.67. The molecule has 37 heavy (non-hydrogen) atoms. The fourth-order valence-corrected chi connectivity index (χ4v) is 4.18. The number of amides is 1. The summed E-state index contributed by atoms with van der Waals surface area (Å²) >= 11 is 0. The number of carboxylic acid groups (broad SMARTS) is 1. The van der Waals surface area contributed by atoms with Crippen LogP contribution in [0.3, 0.4) is 0 Å². The van der Waals surface area contributed by atoms with Crippen molar-refractivity contribution in [2.24, 2.45) is 0 Å². The number of carbonyl (C=O) groups is 2. The van der Waals surface area contributed by atoms with E-state index in [-0.39, 0.29) is 6.42 Å². The number of ether oxygens (including phenoxy) is 1. The highest BCUT2D eigenvalue weighted by Gasteiger charge is 2.24. The predicted octanol–water partition coefficient (Wildman–Crippen LogP) is 6.65. The molecular weight excluding hydrogens is 464 g/mol. The fourth-order valence-electron chi connectivity index (χ4n) is 4.18. The Labute approximate surface area is 220 Å². The van der Waals surface area contributed by atoms with Crippen LogP contribution in [0.2, 0.25) is 0 Å². The van der Waals surface area contributed by atoms with Gasteiger partial charge in [0.2, 0.25) is 0 Å². The number of anilines is 1. The lowest BCUT2D eigenvalue weighted by Crippen LogP contribution is -2.35. The molecule has 0 saturated heterocycles. The first-order valence-electron chi connectivity index (χ1n) is 12.8. The number of para-hydroxylation sites is 1. The zero-order valence-corrected chi connectivity index (χ0v) is 22.1. The molecule has 0 aliphatic carbocycles. The van der Waals surface area contributed by atoms with Crippen LogP contribution in [0.4, 0.5) is 10.5 Å². The summed E-state index contributed by atoms with van der Waals surface area (Å²) in [6, 6.07) is 25.5. The summed E-state index contributed by atoms with van der Waals surface area (Å²) < 4.78 is 5.79. The van der Waals surface area contributed by atoms with E-state index >= 15 is 0 Å². The molecule has 0 unspecified atom stereocenters. The third kappa shape index (κ3) is 9.73. The number of benzene rings is 3. The van der Waals surface area contributed by atoms with Crippen molar-refractivity contribution in [3.63, 3.8) is 0 Å². The summed E-state index contributed by atoms with van der Waals surface area (Å²) in [5.74, 6) is -0.807. The number of unbranched alkanes of at least 4 members (excludes halogenated alkanes) is 1. The van der Waals surface area contributed by atoms with E-state index in [9.17, 15) is 9.59 Å². The maximum Gasteiger partial charge on any atom is 0.412 e. The van der Waals surface area contributed by atoms with E-state index in [1.165, 1.54) is 5.56 Å². The summed E-state index contributed by atoms with van der Waals surface area (Å²) in [7, 11) is 2.09. The maximum absolute atomic E-state index is 12.7. The molecule has 6 heteroatoms. The van der Waals surface area contributed by atoms with Crippen molar-refractivity contribution in [3.05, 3.63) is 90.0 Å². The smallest absolute Gasteiger partial charge is 0.412 e. The van der Waals surface area contributed by atoms with Gasteiger partial charge in [-0.15, -0.1) is 0 Å². The van der Waals surface area contributed by atoms with Gasteiger partial charge in [-0.05, 0) is 75.9 Å². The minimum atomic E-state index is -0.807. The van der Waals surface area contributed by atoms with E-state index in [2.05, 4.69) is 17.3 Å². The molecule has 3 aromatic carbocycles. The van der Waals surface area contributed by atoms with Crippen LogP contribution in [0, 0.1) is 0 Å². The van der Waals surface area contributed by atoms with Gasteiger partial charge in [0.25, 0.3) is 0 Å². The molecule has 3 rings (SSSR count). The molecule has 0 fully saturated rings. The maximum atomic E-state index is 12.7. The van der Waals surface area contributed by atoms with Crippen molar-refractivity contribution in [2.45, 2.75) is 51.6 Å². The number of carbonyl (C=O) groups excluding carboxylic acids is 1. The molecule has 0 bridgehead atoms. The molecule has 0 aliphatic rings. The van der Waals surface area contributed by atoms with Gasteiger partial charge in [0, 0.05) is 12.1 Å². The highest BCUT2D eigenvalue weighted by molar-refractivity contribution is 5.91. The first-order valence-corrected chi connectivity index (χ1v) is 12.8. The normalized spacial score (nSPS) is 11.4. The second-order valence-electron chi connectivity index (χ2n) is 10.1. The molecule has 0 spiro atoms. The average molecular weight is 503 g/mol. The van der Waals surface area contributed by atoms with Crippen LogP contribution in [-0.2, 0) is 22.4 Å². The van der Waals surface area contributed by atoms with E-state index < -0.39 is 17.7 Å². The molecule has 0 saturated carbocycles. The van der Waals surface area contributed by atoms with Gasteiger partial charge in [-0.25, -0.2) is 4.79 Å². The van der Waals surface area contributed by atoms with Gasteiger partial charge >= 0.3 is 12.1 Å². The lowest BCUT2D eigenvalue weighted by molar-refractivity contribution is -0.136. The molecule has 0 aromatic heterocycles. The largest absolute Gasteiger partial charge is 0.481 e. The van der Waals surface area contributed by atoms with Crippen LogP contribution in [0.5, 0.6) is 0 Å². The lowest BCUT2D eigenvalue weighted by atomic mass is 10.0. The molecule has 3 aromatic rings. The van der Waals surface area contributed by atoms with E-state index in [1.54, 1.807) is 0 Å². The van der Waals surface area contributed by atoms with E-state index in [4.69, 9.17) is 9.84 Å². The van der Waals surface area contributed by atoms with Crippen molar-refractivity contribution >= 4 is 17.7 Å². The minimum absolute atomic E-state index is 0.0633. The van der Waals surface area contributed by atoms with Crippen LogP contribution < -0.4 is 5.32 Å². The van der Waals surface area contributed by atoms with Crippen LogP contribution in [-0.4, -0.2) is 47.8 Å². The van der Waals surface area contributed by atoms with Crippen molar-refractivity contribution in [3.8, 4) is 11.1 Å². The number of rotatable bonds is 13. The zero-order valence-electron chi connectivity index (χ0n) is 22.1. The molecule has 0 heterocycles. The Morgan fingerprint density at radius 1 is 0.865 bits per heavy atom. The summed E-state index contributed by atoms with van der Waals surface area (Å²) in [5, 5.41) is 11.8. The van der Waals surface area contributed by atoms with Gasteiger partial charge in [-0.3, -0.25) is 10.1 Å².